The molecule has 1 aliphatic heterocycles. The molecule has 1 saturated heterocycles. The number of aryl methyl sites for hydroxylation is 1. The Morgan fingerprint density at radius 2 is 1.91 bits per heavy atom. The molecule has 2 amide bonds. The van der Waals surface area contributed by atoms with Gasteiger partial charge in [-0.3, -0.25) is 14.5 Å². The molecule has 0 unspecified atom stereocenters. The Balaban J connectivity index is 1.46. The predicted octanol–water partition coefficient (Wildman–Crippen LogP) is 4.42. The van der Waals surface area contributed by atoms with Crippen LogP contribution in [0.5, 0.6) is 0 Å². The third-order valence-corrected chi connectivity index (χ3v) is 8.38. The molecule has 7 nitrogen and oxygen atoms in total. The van der Waals surface area contributed by atoms with Crippen LogP contribution in [0.1, 0.15) is 42.5 Å². The average Bonchev–Trinajstić information content (AvgIpc) is 3.31. The van der Waals surface area contributed by atoms with Gasteiger partial charge in [-0.25, -0.2) is 9.97 Å². The second-order valence-corrected chi connectivity index (χ2v) is 10.8. The summed E-state index contributed by atoms with van der Waals surface area (Å²) < 4.78 is 1.66. The van der Waals surface area contributed by atoms with E-state index < -0.39 is 0 Å². The number of nitrogens with zero attached hydrogens (tertiary/aromatic N) is 4. The highest BCUT2D eigenvalue weighted by molar-refractivity contribution is 8.01. The van der Waals surface area contributed by atoms with E-state index in [1.807, 2.05) is 32.2 Å². The number of carbonyl (C=O) groups excluding carboxylic acids is 2. The smallest absolute Gasteiger partial charge is 0.237 e. The van der Waals surface area contributed by atoms with Gasteiger partial charge in [0.1, 0.15) is 11.1 Å². The third-order valence-electron chi connectivity index (χ3n) is 6.31. The molecule has 1 saturated carbocycles. The van der Waals surface area contributed by atoms with Gasteiger partial charge in [0.2, 0.25) is 11.8 Å². The van der Waals surface area contributed by atoms with Crippen LogP contribution in [0, 0.1) is 30.1 Å². The van der Waals surface area contributed by atoms with Crippen molar-refractivity contribution in [2.24, 2.45) is 11.8 Å². The maximum Gasteiger partial charge on any atom is 0.237 e. The zero-order chi connectivity index (χ0) is 23.1. The Hall–Kier alpha value is -2.80. The van der Waals surface area contributed by atoms with Gasteiger partial charge < -0.3 is 5.32 Å². The van der Waals surface area contributed by atoms with E-state index in [0.717, 1.165) is 51.5 Å². The summed E-state index contributed by atoms with van der Waals surface area (Å²) >= 11 is 2.85. The summed E-state index contributed by atoms with van der Waals surface area (Å²) in [5.74, 6) is -0.470. The lowest BCUT2D eigenvalue weighted by atomic mass is 9.81. The maximum atomic E-state index is 13.0. The predicted molar refractivity (Wildman–Crippen MR) is 128 cm³/mol. The summed E-state index contributed by atoms with van der Waals surface area (Å²) in [6, 6.07) is 9.75. The number of thiazole rings is 1. The molecule has 0 spiro atoms. The van der Waals surface area contributed by atoms with Crippen molar-refractivity contribution in [1.82, 2.24) is 15.3 Å². The molecule has 3 aromatic rings. The largest absolute Gasteiger partial charge is 0.316 e. The van der Waals surface area contributed by atoms with Gasteiger partial charge in [0.25, 0.3) is 0 Å². The summed E-state index contributed by atoms with van der Waals surface area (Å²) in [5, 5.41) is 13.4. The zero-order valence-corrected chi connectivity index (χ0v) is 20.1. The molecule has 3 heterocycles. The van der Waals surface area contributed by atoms with E-state index in [-0.39, 0.29) is 23.7 Å². The van der Waals surface area contributed by atoms with Crippen LogP contribution in [0.15, 0.2) is 33.6 Å². The molecule has 2 aromatic heterocycles. The number of amides is 2. The Bertz CT molecular complexity index is 1290. The number of imide groups is 1. The van der Waals surface area contributed by atoms with Gasteiger partial charge in [-0.15, -0.1) is 11.3 Å². The fraction of sp³-hybridized carbons (Fsp3) is 0.375. The van der Waals surface area contributed by atoms with Crippen molar-refractivity contribution in [3.63, 3.8) is 0 Å². The minimum Gasteiger partial charge on any atom is -0.316 e. The number of anilines is 1. The van der Waals surface area contributed by atoms with Crippen molar-refractivity contribution < 1.29 is 9.59 Å². The van der Waals surface area contributed by atoms with Crippen LogP contribution in [-0.4, -0.2) is 28.8 Å². The van der Waals surface area contributed by atoms with Crippen LogP contribution in [0.4, 0.5) is 5.69 Å². The van der Waals surface area contributed by atoms with Crippen LogP contribution in [0.2, 0.25) is 0 Å². The van der Waals surface area contributed by atoms with Gasteiger partial charge in [-0.1, -0.05) is 12.8 Å². The zero-order valence-electron chi connectivity index (χ0n) is 18.4. The fourth-order valence-electron chi connectivity index (χ4n) is 4.81. The lowest BCUT2D eigenvalue weighted by molar-refractivity contribution is -0.122. The molecule has 2 aliphatic rings. The summed E-state index contributed by atoms with van der Waals surface area (Å²) in [5.41, 5.74) is 3.72. The number of benzene rings is 1. The highest BCUT2D eigenvalue weighted by Crippen LogP contribution is 2.42. The van der Waals surface area contributed by atoms with Crippen molar-refractivity contribution in [2.45, 2.75) is 48.5 Å². The molecule has 9 heteroatoms. The van der Waals surface area contributed by atoms with Crippen LogP contribution in [0.3, 0.4) is 0 Å². The van der Waals surface area contributed by atoms with E-state index in [2.05, 4.69) is 16.4 Å². The number of fused-ring (bicyclic) bond motifs is 2. The fourth-order valence-corrected chi connectivity index (χ4v) is 6.99. The highest BCUT2D eigenvalue weighted by atomic mass is 32.2. The minimum atomic E-state index is -0.168. The average molecular weight is 478 g/mol. The topological polar surface area (TPSA) is 99.0 Å². The first-order chi connectivity index (χ1) is 16.0. The van der Waals surface area contributed by atoms with Crippen molar-refractivity contribution in [2.75, 3.05) is 11.9 Å². The Kier molecular flexibility index (Phi) is 5.91. The second-order valence-electron chi connectivity index (χ2n) is 8.49. The number of hydrogen-bond acceptors (Lipinski definition) is 8. The molecule has 168 valence electrons. The first kappa shape index (κ1) is 22.0. The molecule has 33 heavy (non-hydrogen) atoms. The molecule has 0 radical (unpaired) electrons. The van der Waals surface area contributed by atoms with Gasteiger partial charge in [-0.05, 0) is 68.4 Å². The van der Waals surface area contributed by atoms with Gasteiger partial charge in [-0.2, -0.15) is 5.26 Å². The van der Waals surface area contributed by atoms with Crippen LogP contribution in [-0.2, 0) is 16.1 Å². The number of nitriles is 1. The molecular formula is C24H23N5O2S2. The number of aromatic nitrogens is 2. The molecule has 1 aromatic carbocycles. The first-order valence-electron chi connectivity index (χ1n) is 11.0. The quantitative estimate of drug-likeness (QED) is 0.543. The number of pyridine rings is 1. The third kappa shape index (κ3) is 3.92. The number of carbonyl (C=O) groups is 2. The van der Waals surface area contributed by atoms with Gasteiger partial charge in [0, 0.05) is 12.2 Å². The van der Waals surface area contributed by atoms with Crippen molar-refractivity contribution in [3.05, 3.63) is 41.1 Å². The number of hydrogen-bond donors (Lipinski definition) is 1. The molecule has 1 aliphatic carbocycles. The molecule has 2 fully saturated rings. The molecule has 5 rings (SSSR count). The van der Waals surface area contributed by atoms with E-state index in [1.165, 1.54) is 28.0 Å². The lowest BCUT2D eigenvalue weighted by Crippen LogP contribution is -2.30. The SMILES string of the molecule is CNCc1cc(C)nc(Sc2nc3ccc(N4C(=O)[C@@H]5CCCC[C@H]5C4=O)cc3s2)c1C#N. The number of rotatable bonds is 5. The molecule has 2 atom stereocenters. The van der Waals surface area contributed by atoms with Gasteiger partial charge in [0.15, 0.2) is 4.34 Å². The first-order valence-corrected chi connectivity index (χ1v) is 12.6. The van der Waals surface area contributed by atoms with E-state index in [4.69, 9.17) is 4.98 Å². The molecular weight excluding hydrogens is 454 g/mol. The molecule has 1 N–H and O–H groups in total. The highest BCUT2D eigenvalue weighted by Gasteiger charge is 2.48. The van der Waals surface area contributed by atoms with Gasteiger partial charge >= 0.3 is 0 Å². The monoisotopic (exact) mass is 477 g/mol. The van der Waals surface area contributed by atoms with Crippen molar-refractivity contribution in [1.29, 1.82) is 5.26 Å². The summed E-state index contributed by atoms with van der Waals surface area (Å²) in [6.45, 7) is 2.50. The van der Waals surface area contributed by atoms with E-state index in [0.29, 0.717) is 22.8 Å². The lowest BCUT2D eigenvalue weighted by Gasteiger charge is -2.19. The minimum absolute atomic E-state index is 0.0668. The van der Waals surface area contributed by atoms with E-state index in [1.54, 1.807) is 6.07 Å². The Morgan fingerprint density at radius 3 is 2.58 bits per heavy atom. The van der Waals surface area contributed by atoms with Gasteiger partial charge in [0.05, 0.1) is 33.3 Å². The Morgan fingerprint density at radius 1 is 1.18 bits per heavy atom. The van der Waals surface area contributed by atoms with Crippen LogP contribution in [0.25, 0.3) is 10.2 Å². The van der Waals surface area contributed by atoms with E-state index >= 15 is 0 Å². The van der Waals surface area contributed by atoms with Crippen molar-refractivity contribution >= 4 is 50.8 Å². The summed E-state index contributed by atoms with van der Waals surface area (Å²) in [4.78, 5) is 36.6. The van der Waals surface area contributed by atoms with E-state index in [9.17, 15) is 14.9 Å². The maximum absolute atomic E-state index is 13.0. The van der Waals surface area contributed by atoms with Crippen LogP contribution < -0.4 is 10.2 Å². The molecule has 0 bridgehead atoms. The number of nitrogens with one attached hydrogen (secondary N) is 1. The summed E-state index contributed by atoms with van der Waals surface area (Å²) in [7, 11) is 1.85. The van der Waals surface area contributed by atoms with Crippen molar-refractivity contribution in [3.8, 4) is 6.07 Å². The Labute approximate surface area is 200 Å². The summed E-state index contributed by atoms with van der Waals surface area (Å²) in [6.07, 6.45) is 3.62. The standard InChI is InChI=1S/C24H23N5O2S2/c1-13-9-14(12-26-2)18(11-25)21(27-13)33-24-28-19-8-7-15(10-20(19)32-24)29-22(30)16-5-3-4-6-17(16)23(29)31/h7-10,16-17,26H,3-6,12H2,1-2H3/t16-,17-/m1/s1. The normalized spacial score (nSPS) is 20.3. The van der Waals surface area contributed by atoms with Crippen LogP contribution >= 0.6 is 23.1 Å². The second kappa shape index (κ2) is 8.86.